The quantitative estimate of drug-likeness (QED) is 0.490. The summed E-state index contributed by atoms with van der Waals surface area (Å²) >= 11 is 1.49. The van der Waals surface area contributed by atoms with Gasteiger partial charge >= 0.3 is 6.03 Å². The van der Waals surface area contributed by atoms with Crippen molar-refractivity contribution in [1.82, 2.24) is 15.6 Å². The molecule has 0 bridgehead atoms. The molecule has 0 saturated heterocycles. The van der Waals surface area contributed by atoms with Gasteiger partial charge in [-0.1, -0.05) is 18.2 Å². The molecule has 1 aliphatic rings. The van der Waals surface area contributed by atoms with Crippen molar-refractivity contribution in [3.63, 3.8) is 0 Å². The lowest BCUT2D eigenvalue weighted by Crippen LogP contribution is -2.42. The number of thiazole rings is 1. The molecule has 0 fully saturated rings. The number of methoxy groups -OCH3 is 1. The lowest BCUT2D eigenvalue weighted by molar-refractivity contribution is 0.240. The molecule has 1 atom stereocenters. The third-order valence-electron chi connectivity index (χ3n) is 4.75. The van der Waals surface area contributed by atoms with Gasteiger partial charge in [-0.15, -0.1) is 11.3 Å². The molecule has 0 radical (unpaired) electrons. The Hall–Kier alpha value is -3.52. The number of carbonyl (C=O) groups is 1. The van der Waals surface area contributed by atoms with E-state index < -0.39 is 6.04 Å². The molecular weight excluding hydrogens is 388 g/mol. The molecule has 3 aromatic rings. The first-order chi connectivity index (χ1) is 14.0. The Kier molecular flexibility index (Phi) is 4.85. The summed E-state index contributed by atoms with van der Waals surface area (Å²) in [7, 11) is 1.49. The number of phenols is 1. The van der Waals surface area contributed by atoms with E-state index in [0.29, 0.717) is 17.1 Å². The minimum absolute atomic E-state index is 0.0106. The lowest BCUT2D eigenvalue weighted by Gasteiger charge is -2.28. The molecule has 1 unspecified atom stereocenters. The molecule has 1 aliphatic heterocycles. The van der Waals surface area contributed by atoms with Crippen LogP contribution in [0.25, 0.3) is 16.8 Å². The number of hydrogen-bond acceptors (Lipinski definition) is 6. The van der Waals surface area contributed by atoms with E-state index in [1.165, 1.54) is 18.4 Å². The first kappa shape index (κ1) is 18.8. The van der Waals surface area contributed by atoms with Crippen LogP contribution >= 0.6 is 11.3 Å². The van der Waals surface area contributed by atoms with Crippen LogP contribution in [0.4, 0.5) is 10.5 Å². The fraction of sp³-hybridized carbons (Fsp3) is 0.143. The number of rotatable bonds is 4. The minimum Gasteiger partial charge on any atom is -0.504 e. The van der Waals surface area contributed by atoms with E-state index in [-0.39, 0.29) is 11.8 Å². The van der Waals surface area contributed by atoms with Gasteiger partial charge in [-0.05, 0) is 36.8 Å². The zero-order valence-corrected chi connectivity index (χ0v) is 16.7. The molecule has 7 nitrogen and oxygen atoms in total. The molecule has 5 N–H and O–H groups in total. The second-order valence-corrected chi connectivity index (χ2v) is 7.52. The van der Waals surface area contributed by atoms with E-state index >= 15 is 0 Å². The zero-order chi connectivity index (χ0) is 20.5. The number of urea groups is 1. The third kappa shape index (κ3) is 3.62. The molecular formula is C21H20N4O3S. The van der Waals surface area contributed by atoms with Crippen LogP contribution < -0.4 is 21.1 Å². The van der Waals surface area contributed by atoms with Crippen molar-refractivity contribution >= 4 is 28.6 Å². The molecule has 29 heavy (non-hydrogen) atoms. The Balaban J connectivity index is 1.75. The predicted octanol–water partition coefficient (Wildman–Crippen LogP) is 3.89. The summed E-state index contributed by atoms with van der Waals surface area (Å²) in [5, 5.41) is 18.7. The Morgan fingerprint density at radius 1 is 1.21 bits per heavy atom. The van der Waals surface area contributed by atoms with Crippen LogP contribution in [-0.4, -0.2) is 23.2 Å². The van der Waals surface area contributed by atoms with Gasteiger partial charge in [0.15, 0.2) is 11.5 Å². The highest BCUT2D eigenvalue weighted by atomic mass is 32.1. The van der Waals surface area contributed by atoms with Crippen molar-refractivity contribution < 1.29 is 14.6 Å². The molecule has 2 heterocycles. The van der Waals surface area contributed by atoms with E-state index in [1.807, 2.05) is 42.6 Å². The van der Waals surface area contributed by atoms with Gasteiger partial charge in [0.05, 0.1) is 18.8 Å². The van der Waals surface area contributed by atoms with Crippen LogP contribution in [0.3, 0.4) is 0 Å². The van der Waals surface area contributed by atoms with E-state index in [2.05, 4.69) is 10.6 Å². The van der Waals surface area contributed by atoms with Crippen molar-refractivity contribution in [2.75, 3.05) is 12.8 Å². The summed E-state index contributed by atoms with van der Waals surface area (Å²) in [6.07, 6.45) is 0. The Bertz CT molecular complexity index is 1110. The molecule has 2 aromatic carbocycles. The Morgan fingerprint density at radius 2 is 1.97 bits per heavy atom. The van der Waals surface area contributed by atoms with Gasteiger partial charge in [0.1, 0.15) is 5.01 Å². The van der Waals surface area contributed by atoms with Gasteiger partial charge in [-0.3, -0.25) is 0 Å². The minimum atomic E-state index is -0.453. The summed E-state index contributed by atoms with van der Waals surface area (Å²) in [6, 6.07) is 11.9. The van der Waals surface area contributed by atoms with Crippen LogP contribution in [-0.2, 0) is 0 Å². The summed E-state index contributed by atoms with van der Waals surface area (Å²) < 4.78 is 5.12. The van der Waals surface area contributed by atoms with Crippen molar-refractivity contribution in [1.29, 1.82) is 0 Å². The number of amides is 2. The first-order valence-electron chi connectivity index (χ1n) is 8.93. The maximum Gasteiger partial charge on any atom is 0.319 e. The highest BCUT2D eigenvalue weighted by Crippen LogP contribution is 2.39. The van der Waals surface area contributed by atoms with Crippen molar-refractivity contribution in [3.8, 4) is 22.8 Å². The Labute approximate surface area is 171 Å². The maximum absolute atomic E-state index is 12.1. The number of nitrogens with one attached hydrogen (secondary N) is 2. The van der Waals surface area contributed by atoms with Gasteiger partial charge < -0.3 is 26.2 Å². The van der Waals surface area contributed by atoms with Crippen molar-refractivity contribution in [2.45, 2.75) is 13.0 Å². The number of nitrogens with zero attached hydrogens (tertiary/aromatic N) is 1. The van der Waals surface area contributed by atoms with Crippen LogP contribution in [0.15, 0.2) is 53.5 Å². The number of allylic oxidation sites excluding steroid dienone is 1. The molecule has 0 spiro atoms. The maximum atomic E-state index is 12.1. The molecule has 4 rings (SSSR count). The number of anilines is 1. The summed E-state index contributed by atoms with van der Waals surface area (Å²) in [4.78, 5) is 16.9. The smallest absolute Gasteiger partial charge is 0.319 e. The number of hydrogen-bond donors (Lipinski definition) is 4. The Morgan fingerprint density at radius 3 is 2.66 bits per heavy atom. The standard InChI is InChI=1S/C21H20N4O3S/c1-11-18(20-24-15(10-29-20)12-3-6-14(22)7-4-12)19(25-21(27)23-11)13-5-8-17(28-2)16(26)9-13/h3-10,19,26H,22H2,1-2H3,(H2,23,25,27). The van der Waals surface area contributed by atoms with Crippen LogP contribution in [0.2, 0.25) is 0 Å². The average Bonchev–Trinajstić information content (AvgIpc) is 3.17. The third-order valence-corrected chi connectivity index (χ3v) is 5.62. The van der Waals surface area contributed by atoms with Crippen LogP contribution in [0.5, 0.6) is 11.5 Å². The molecule has 0 aliphatic carbocycles. The van der Waals surface area contributed by atoms with Gasteiger partial charge in [0.2, 0.25) is 0 Å². The summed E-state index contributed by atoms with van der Waals surface area (Å²) in [5.74, 6) is 0.382. The van der Waals surface area contributed by atoms with Crippen LogP contribution in [0.1, 0.15) is 23.5 Å². The molecule has 8 heteroatoms. The highest BCUT2D eigenvalue weighted by Gasteiger charge is 2.30. The zero-order valence-electron chi connectivity index (χ0n) is 15.9. The number of nitrogens with two attached hydrogens (primary N) is 1. The largest absolute Gasteiger partial charge is 0.504 e. The summed E-state index contributed by atoms with van der Waals surface area (Å²) in [5.41, 5.74) is 10.6. The van der Waals surface area contributed by atoms with Gasteiger partial charge in [-0.25, -0.2) is 9.78 Å². The lowest BCUT2D eigenvalue weighted by atomic mass is 9.95. The number of benzene rings is 2. The SMILES string of the molecule is COc1ccc(C2NC(=O)NC(C)=C2c2nc(-c3ccc(N)cc3)cs2)cc1O. The number of aromatic hydroxyl groups is 1. The second-order valence-electron chi connectivity index (χ2n) is 6.66. The monoisotopic (exact) mass is 408 g/mol. The van der Waals surface area contributed by atoms with Gasteiger partial charge in [0.25, 0.3) is 0 Å². The molecule has 1 aromatic heterocycles. The van der Waals surface area contributed by atoms with Gasteiger partial charge in [0, 0.05) is 27.9 Å². The predicted molar refractivity (Wildman–Crippen MR) is 114 cm³/mol. The van der Waals surface area contributed by atoms with E-state index in [0.717, 1.165) is 27.4 Å². The topological polar surface area (TPSA) is 110 Å². The van der Waals surface area contributed by atoms with Crippen molar-refractivity contribution in [3.05, 3.63) is 64.1 Å². The molecule has 148 valence electrons. The number of aromatic nitrogens is 1. The van der Waals surface area contributed by atoms with Gasteiger partial charge in [-0.2, -0.15) is 0 Å². The summed E-state index contributed by atoms with van der Waals surface area (Å²) in [6.45, 7) is 1.84. The van der Waals surface area contributed by atoms with E-state index in [9.17, 15) is 9.90 Å². The fourth-order valence-electron chi connectivity index (χ4n) is 3.30. The van der Waals surface area contributed by atoms with E-state index in [4.69, 9.17) is 15.5 Å². The average molecular weight is 408 g/mol. The van der Waals surface area contributed by atoms with E-state index in [1.54, 1.807) is 12.1 Å². The number of nitrogen functional groups attached to an aromatic ring is 1. The first-order valence-corrected chi connectivity index (χ1v) is 9.81. The second kappa shape index (κ2) is 7.48. The molecule has 2 amide bonds. The highest BCUT2D eigenvalue weighted by molar-refractivity contribution is 7.11. The fourth-order valence-corrected chi connectivity index (χ4v) is 4.26. The van der Waals surface area contributed by atoms with Crippen LogP contribution in [0, 0.1) is 0 Å². The number of carbonyl (C=O) groups excluding carboxylic acids is 1. The number of phenolic OH excluding ortho intramolecular Hbond substituents is 1. The van der Waals surface area contributed by atoms with Crippen molar-refractivity contribution in [2.24, 2.45) is 0 Å². The normalized spacial score (nSPS) is 16.3. The molecule has 0 saturated carbocycles. The number of ether oxygens (including phenoxy) is 1.